The van der Waals surface area contributed by atoms with E-state index in [0.717, 1.165) is 14.2 Å². The number of nitro groups is 1. The first-order chi connectivity index (χ1) is 32.8. The van der Waals surface area contributed by atoms with Gasteiger partial charge in [0.25, 0.3) is 35.2 Å². The molecule has 21 nitrogen and oxygen atoms in total. The standard InChI is InChI=1S/C48H48N6O15/c1-25(2)68-37-24-30(47(61)66-6)14-22-35(37)51-45(59)34-21-23-36(40(39(34)55)69-26(3)4)52-43(57)27-8-17-32(18-9-27)50-46(60)41(65-5)38(48(62)67-7)53-44(58)28-10-15-31(16-11-28)49-42(56)29-12-19-33(20-13-29)54(63)64/h8-26,38,41,55H,1-7H3,(H,49,56)(H,50,60)(H,51,59)(H,52,57)(H,53,58). The van der Waals surface area contributed by atoms with Gasteiger partial charge in [-0.05, 0) is 119 Å². The molecule has 5 aromatic carbocycles. The fourth-order valence-corrected chi connectivity index (χ4v) is 6.38. The molecule has 21 heteroatoms. The van der Waals surface area contributed by atoms with Gasteiger partial charge in [-0.2, -0.15) is 0 Å². The number of methoxy groups -OCH3 is 3. The van der Waals surface area contributed by atoms with E-state index < -0.39 is 70.4 Å². The molecule has 0 aliphatic rings. The number of aromatic hydroxyl groups is 1. The molecule has 0 spiro atoms. The number of phenols is 1. The number of carbonyl (C=O) groups excluding carboxylic acids is 7. The SMILES string of the molecule is COC(=O)c1ccc(NC(=O)c2ccc(NC(=O)c3ccc(NC(=O)C(OC)C(NC(=O)c4ccc(NC(=O)c5ccc([N+](=O)[O-])cc5)cc4)C(=O)OC)cc3)c(OC(C)C)c2O)c(OC(C)C)c1. The zero-order valence-corrected chi connectivity index (χ0v) is 38.2. The highest BCUT2D eigenvalue weighted by molar-refractivity contribution is 6.10. The second kappa shape index (κ2) is 23.1. The van der Waals surface area contributed by atoms with E-state index in [9.17, 15) is 48.8 Å². The third kappa shape index (κ3) is 13.2. The molecule has 0 aromatic heterocycles. The number of phenolic OH excluding ortho intramolecular Hbond substituents is 1. The molecule has 0 saturated heterocycles. The maximum atomic E-state index is 13.5. The number of hydrogen-bond acceptors (Lipinski definition) is 15. The number of rotatable bonds is 19. The number of esters is 2. The Kier molecular flexibility index (Phi) is 17.1. The molecule has 5 amide bonds. The normalized spacial score (nSPS) is 11.6. The summed E-state index contributed by atoms with van der Waals surface area (Å²) in [6.07, 6.45) is -2.46. The Morgan fingerprint density at radius 1 is 0.580 bits per heavy atom. The Bertz CT molecular complexity index is 2740. The highest BCUT2D eigenvalue weighted by Crippen LogP contribution is 2.40. The third-order valence-electron chi connectivity index (χ3n) is 9.71. The van der Waals surface area contributed by atoms with Gasteiger partial charge in [-0.3, -0.25) is 34.1 Å². The van der Waals surface area contributed by atoms with E-state index in [0.29, 0.717) is 0 Å². The van der Waals surface area contributed by atoms with Crippen LogP contribution in [0.5, 0.6) is 17.2 Å². The molecule has 0 fully saturated rings. The fourth-order valence-electron chi connectivity index (χ4n) is 6.38. The number of ether oxygens (including phenoxy) is 5. The Morgan fingerprint density at radius 3 is 1.62 bits per heavy atom. The zero-order valence-electron chi connectivity index (χ0n) is 38.2. The average molecular weight is 949 g/mol. The summed E-state index contributed by atoms with van der Waals surface area (Å²) in [6, 6.07) is 21.3. The van der Waals surface area contributed by atoms with Crippen molar-refractivity contribution in [1.29, 1.82) is 0 Å². The summed E-state index contributed by atoms with van der Waals surface area (Å²) in [5, 5.41) is 35.2. The van der Waals surface area contributed by atoms with Crippen LogP contribution in [-0.4, -0.2) is 97.2 Å². The summed E-state index contributed by atoms with van der Waals surface area (Å²) in [4.78, 5) is 102. The largest absolute Gasteiger partial charge is 0.504 e. The first-order valence-corrected chi connectivity index (χ1v) is 20.9. The summed E-state index contributed by atoms with van der Waals surface area (Å²) >= 11 is 0. The Hall–Kier alpha value is -8.85. The number of hydrogen-bond donors (Lipinski definition) is 6. The predicted molar refractivity (Wildman–Crippen MR) is 250 cm³/mol. The number of amides is 5. The monoisotopic (exact) mass is 948 g/mol. The summed E-state index contributed by atoms with van der Waals surface area (Å²) < 4.78 is 26.6. The lowest BCUT2D eigenvalue weighted by atomic mass is 10.1. The third-order valence-corrected chi connectivity index (χ3v) is 9.71. The molecule has 2 atom stereocenters. The van der Waals surface area contributed by atoms with Gasteiger partial charge in [0.2, 0.25) is 0 Å². The van der Waals surface area contributed by atoms with Crippen LogP contribution in [0.1, 0.15) is 79.5 Å². The highest BCUT2D eigenvalue weighted by Gasteiger charge is 2.37. The highest BCUT2D eigenvalue weighted by atomic mass is 16.6. The minimum Gasteiger partial charge on any atom is -0.504 e. The minimum absolute atomic E-state index is 0.0209. The van der Waals surface area contributed by atoms with Crippen molar-refractivity contribution in [3.05, 3.63) is 141 Å². The fraction of sp³-hybridized carbons (Fsp3) is 0.229. The van der Waals surface area contributed by atoms with E-state index in [2.05, 4.69) is 26.6 Å². The van der Waals surface area contributed by atoms with Gasteiger partial charge in [-0.1, -0.05) is 0 Å². The van der Waals surface area contributed by atoms with Crippen LogP contribution in [0.2, 0.25) is 0 Å². The van der Waals surface area contributed by atoms with Crippen LogP contribution >= 0.6 is 0 Å². The van der Waals surface area contributed by atoms with Crippen LogP contribution < -0.4 is 36.1 Å². The van der Waals surface area contributed by atoms with Gasteiger partial charge in [0.15, 0.2) is 23.6 Å². The second-order valence-electron chi connectivity index (χ2n) is 15.3. The number of benzene rings is 5. The maximum Gasteiger partial charge on any atom is 0.337 e. The molecule has 0 aliphatic carbocycles. The molecule has 0 bridgehead atoms. The van der Waals surface area contributed by atoms with Gasteiger partial charge in [-0.25, -0.2) is 9.59 Å². The van der Waals surface area contributed by atoms with E-state index >= 15 is 0 Å². The van der Waals surface area contributed by atoms with Crippen molar-refractivity contribution in [2.75, 3.05) is 42.6 Å². The Labute approximate surface area is 394 Å². The van der Waals surface area contributed by atoms with Gasteiger partial charge in [0, 0.05) is 47.3 Å². The lowest BCUT2D eigenvalue weighted by molar-refractivity contribution is -0.384. The molecule has 0 radical (unpaired) electrons. The molecule has 2 unspecified atom stereocenters. The van der Waals surface area contributed by atoms with Crippen LogP contribution in [0.3, 0.4) is 0 Å². The Morgan fingerprint density at radius 2 is 1.09 bits per heavy atom. The van der Waals surface area contributed by atoms with Crippen LogP contribution in [0, 0.1) is 10.1 Å². The molecule has 6 N–H and O–H groups in total. The minimum atomic E-state index is -1.65. The lowest BCUT2D eigenvalue weighted by Gasteiger charge is -2.24. The van der Waals surface area contributed by atoms with E-state index in [1.807, 2.05) is 0 Å². The number of carbonyl (C=O) groups is 7. The van der Waals surface area contributed by atoms with Crippen molar-refractivity contribution in [3.8, 4) is 17.2 Å². The van der Waals surface area contributed by atoms with E-state index in [-0.39, 0.29) is 73.9 Å². The summed E-state index contributed by atoms with van der Waals surface area (Å²) in [5.74, 6) is -5.87. The molecular formula is C48H48N6O15. The summed E-state index contributed by atoms with van der Waals surface area (Å²) in [5.41, 5.74) is 0.752. The van der Waals surface area contributed by atoms with Crippen molar-refractivity contribution < 1.29 is 67.3 Å². The number of nitro benzene ring substituents is 1. The van der Waals surface area contributed by atoms with Crippen LogP contribution in [0.4, 0.5) is 28.4 Å². The van der Waals surface area contributed by atoms with E-state index in [1.165, 1.54) is 110 Å². The van der Waals surface area contributed by atoms with Crippen molar-refractivity contribution in [2.24, 2.45) is 0 Å². The van der Waals surface area contributed by atoms with Gasteiger partial charge >= 0.3 is 11.9 Å². The van der Waals surface area contributed by atoms with Gasteiger partial charge in [0.1, 0.15) is 5.75 Å². The number of non-ortho nitro benzene ring substituents is 1. The maximum absolute atomic E-state index is 13.5. The van der Waals surface area contributed by atoms with E-state index in [4.69, 9.17) is 23.7 Å². The summed E-state index contributed by atoms with van der Waals surface area (Å²) in [6.45, 7) is 6.88. The lowest BCUT2D eigenvalue weighted by Crippen LogP contribution is -2.54. The molecule has 0 heterocycles. The number of nitrogens with zero attached hydrogens (tertiary/aromatic N) is 1. The molecule has 0 aliphatic heterocycles. The summed E-state index contributed by atoms with van der Waals surface area (Å²) in [7, 11) is 3.43. The predicted octanol–water partition coefficient (Wildman–Crippen LogP) is 6.34. The zero-order chi connectivity index (χ0) is 50.5. The number of nitrogens with one attached hydrogen (secondary N) is 5. The molecule has 0 saturated carbocycles. The van der Waals surface area contributed by atoms with E-state index in [1.54, 1.807) is 27.7 Å². The topological polar surface area (TPSA) is 289 Å². The number of anilines is 4. The van der Waals surface area contributed by atoms with Crippen LogP contribution in [0.15, 0.2) is 103 Å². The average Bonchev–Trinajstić information content (AvgIpc) is 3.32. The van der Waals surface area contributed by atoms with Crippen molar-refractivity contribution in [3.63, 3.8) is 0 Å². The van der Waals surface area contributed by atoms with Crippen LogP contribution in [-0.2, 0) is 23.8 Å². The quantitative estimate of drug-likeness (QED) is 0.0299. The Balaban J connectivity index is 1.25. The van der Waals surface area contributed by atoms with Gasteiger partial charge < -0.3 is 55.4 Å². The molecule has 5 aromatic rings. The molecular weight excluding hydrogens is 901 g/mol. The second-order valence-corrected chi connectivity index (χ2v) is 15.3. The van der Waals surface area contributed by atoms with Crippen molar-refractivity contribution in [1.82, 2.24) is 5.32 Å². The molecule has 69 heavy (non-hydrogen) atoms. The first-order valence-electron chi connectivity index (χ1n) is 20.9. The van der Waals surface area contributed by atoms with Crippen LogP contribution in [0.25, 0.3) is 0 Å². The molecule has 360 valence electrons. The van der Waals surface area contributed by atoms with Gasteiger partial charge in [0.05, 0.1) is 53.9 Å². The molecule has 5 rings (SSSR count). The van der Waals surface area contributed by atoms with Crippen molar-refractivity contribution >= 4 is 69.9 Å². The first kappa shape index (κ1) is 51.1. The van der Waals surface area contributed by atoms with Crippen molar-refractivity contribution in [2.45, 2.75) is 52.0 Å². The van der Waals surface area contributed by atoms with Gasteiger partial charge in [-0.15, -0.1) is 0 Å². The smallest absolute Gasteiger partial charge is 0.337 e.